The van der Waals surface area contributed by atoms with E-state index in [1.165, 1.54) is 0 Å². The Kier molecular flexibility index (Phi) is 5.39. The second-order valence-corrected chi connectivity index (χ2v) is 7.82. The molecule has 0 saturated heterocycles. The van der Waals surface area contributed by atoms with Crippen LogP contribution >= 0.6 is 0 Å². The van der Waals surface area contributed by atoms with E-state index in [0.717, 1.165) is 27.2 Å². The third-order valence-electron chi connectivity index (χ3n) is 5.68. The Morgan fingerprint density at radius 2 is 1.82 bits per heavy atom. The topological polar surface area (TPSA) is 119 Å². The molecule has 4 N–H and O–H groups in total. The Labute approximate surface area is 195 Å². The summed E-state index contributed by atoms with van der Waals surface area (Å²) < 4.78 is 7.86. The fraction of sp³-hybridized carbons (Fsp3) is 0.0769. The van der Waals surface area contributed by atoms with Gasteiger partial charge in [-0.3, -0.25) is 10.2 Å². The molecule has 0 spiro atoms. The first kappa shape index (κ1) is 21.1. The van der Waals surface area contributed by atoms with Crippen LogP contribution in [0.5, 0.6) is 11.8 Å². The van der Waals surface area contributed by atoms with Crippen LogP contribution < -0.4 is 15.8 Å². The molecule has 2 aromatic heterocycles. The van der Waals surface area contributed by atoms with E-state index >= 15 is 0 Å². The molecule has 5 rings (SSSR count). The highest BCUT2D eigenvalue weighted by Gasteiger charge is 2.17. The molecule has 8 nitrogen and oxygen atoms in total. The van der Waals surface area contributed by atoms with Gasteiger partial charge in [-0.1, -0.05) is 36.4 Å². The standard InChI is InChI=1S/C26H22N6O2/c1-29-25(33)23-13-17-7-8-18(24(27)28)14-22(17)32(23)15-19-12-20(34-26-30-9-4-10-31-26)11-16-5-2-3-6-21(16)19/h2-14H,15H2,1H3,(H3,27,28)(H,29,33). The van der Waals surface area contributed by atoms with Gasteiger partial charge >= 0.3 is 6.01 Å². The molecule has 1 amide bonds. The number of nitrogen functional groups attached to an aromatic ring is 1. The Morgan fingerprint density at radius 3 is 2.59 bits per heavy atom. The second-order valence-electron chi connectivity index (χ2n) is 7.82. The first-order valence-corrected chi connectivity index (χ1v) is 10.7. The fourth-order valence-electron chi connectivity index (χ4n) is 4.07. The number of hydrogen-bond acceptors (Lipinski definition) is 5. The molecule has 0 bridgehead atoms. The van der Waals surface area contributed by atoms with Crippen molar-refractivity contribution in [2.75, 3.05) is 7.05 Å². The number of nitrogens with zero attached hydrogens (tertiary/aromatic N) is 3. The van der Waals surface area contributed by atoms with Gasteiger partial charge in [0.25, 0.3) is 5.91 Å². The van der Waals surface area contributed by atoms with Crippen LogP contribution in [0, 0.1) is 5.41 Å². The summed E-state index contributed by atoms with van der Waals surface area (Å²) in [4.78, 5) is 21.0. The van der Waals surface area contributed by atoms with E-state index in [1.54, 1.807) is 31.6 Å². The Hall–Kier alpha value is -4.72. The Balaban J connectivity index is 1.67. The van der Waals surface area contributed by atoms with Crippen LogP contribution in [0.4, 0.5) is 0 Å². The SMILES string of the molecule is CNC(=O)c1cc2ccc(C(=N)N)cc2n1Cc1cc(Oc2ncccn2)cc2ccccc12. The summed E-state index contributed by atoms with van der Waals surface area (Å²) in [5.41, 5.74) is 8.62. The number of fused-ring (bicyclic) bond motifs is 2. The highest BCUT2D eigenvalue weighted by atomic mass is 16.5. The number of rotatable bonds is 6. The van der Waals surface area contributed by atoms with Crippen LogP contribution in [0.2, 0.25) is 0 Å². The molecule has 0 aliphatic rings. The number of amides is 1. The first-order chi connectivity index (χ1) is 16.5. The van der Waals surface area contributed by atoms with Crippen LogP contribution in [0.15, 0.2) is 79.1 Å². The molecular formula is C26H22N6O2. The molecule has 0 aliphatic carbocycles. The maximum Gasteiger partial charge on any atom is 0.321 e. The van der Waals surface area contributed by atoms with Crippen LogP contribution in [-0.2, 0) is 6.54 Å². The maximum absolute atomic E-state index is 12.7. The van der Waals surface area contributed by atoms with Gasteiger partial charge in [-0.2, -0.15) is 0 Å². The second kappa shape index (κ2) is 8.67. The molecular weight excluding hydrogens is 428 g/mol. The number of nitrogens with one attached hydrogen (secondary N) is 2. The molecule has 3 aromatic carbocycles. The van der Waals surface area contributed by atoms with Gasteiger partial charge in [0.2, 0.25) is 0 Å². The molecule has 8 heteroatoms. The van der Waals surface area contributed by atoms with Crippen molar-refractivity contribution in [3.8, 4) is 11.8 Å². The normalized spacial score (nSPS) is 11.0. The molecule has 0 fully saturated rings. The number of hydrogen-bond donors (Lipinski definition) is 3. The highest BCUT2D eigenvalue weighted by molar-refractivity contribution is 6.02. The lowest BCUT2D eigenvalue weighted by molar-refractivity contribution is 0.0955. The minimum Gasteiger partial charge on any atom is -0.424 e. The summed E-state index contributed by atoms with van der Waals surface area (Å²) in [6.07, 6.45) is 3.25. The van der Waals surface area contributed by atoms with Gasteiger partial charge in [0, 0.05) is 42.5 Å². The van der Waals surface area contributed by atoms with Crippen molar-refractivity contribution in [1.29, 1.82) is 5.41 Å². The Bertz CT molecular complexity index is 1540. The van der Waals surface area contributed by atoms with Gasteiger partial charge in [0.1, 0.15) is 17.3 Å². The molecule has 5 aromatic rings. The lowest BCUT2D eigenvalue weighted by Crippen LogP contribution is -2.22. The van der Waals surface area contributed by atoms with Gasteiger partial charge in [0.05, 0.1) is 0 Å². The predicted molar refractivity (Wildman–Crippen MR) is 132 cm³/mol. The number of benzene rings is 3. The average Bonchev–Trinajstić information content (AvgIpc) is 3.21. The molecule has 0 unspecified atom stereocenters. The number of ether oxygens (including phenoxy) is 1. The van der Waals surface area contributed by atoms with E-state index in [2.05, 4.69) is 15.3 Å². The maximum atomic E-state index is 12.7. The van der Waals surface area contributed by atoms with Crippen molar-refractivity contribution in [1.82, 2.24) is 19.9 Å². The first-order valence-electron chi connectivity index (χ1n) is 10.7. The number of carbonyl (C=O) groups is 1. The van der Waals surface area contributed by atoms with Crippen LogP contribution in [-0.4, -0.2) is 33.3 Å². The van der Waals surface area contributed by atoms with E-state index in [4.69, 9.17) is 15.9 Å². The summed E-state index contributed by atoms with van der Waals surface area (Å²) in [6, 6.07) is 21.2. The molecule has 0 radical (unpaired) electrons. The third kappa shape index (κ3) is 3.93. The molecule has 2 heterocycles. The number of carbonyl (C=O) groups excluding carboxylic acids is 1. The number of nitrogens with two attached hydrogens (primary N) is 1. The summed E-state index contributed by atoms with van der Waals surface area (Å²) in [5.74, 6) is 0.372. The molecule has 0 aliphatic heterocycles. The zero-order valence-corrected chi connectivity index (χ0v) is 18.4. The number of aromatic nitrogens is 3. The molecule has 34 heavy (non-hydrogen) atoms. The predicted octanol–water partition coefficient (Wildman–Crippen LogP) is 4.07. The Morgan fingerprint density at radius 1 is 1.03 bits per heavy atom. The van der Waals surface area contributed by atoms with Gasteiger partial charge in [0.15, 0.2) is 0 Å². The van der Waals surface area contributed by atoms with Gasteiger partial charge in [-0.05, 0) is 46.7 Å². The lowest BCUT2D eigenvalue weighted by atomic mass is 10.0. The molecule has 0 saturated carbocycles. The highest BCUT2D eigenvalue weighted by Crippen LogP contribution is 2.30. The quantitative estimate of drug-likeness (QED) is 0.266. The lowest BCUT2D eigenvalue weighted by Gasteiger charge is -2.15. The van der Waals surface area contributed by atoms with Gasteiger partial charge < -0.3 is 20.4 Å². The van der Waals surface area contributed by atoms with Crippen molar-refractivity contribution in [2.45, 2.75) is 6.54 Å². The van der Waals surface area contributed by atoms with Crippen LogP contribution in [0.1, 0.15) is 21.6 Å². The smallest absolute Gasteiger partial charge is 0.321 e. The van der Waals surface area contributed by atoms with E-state index in [-0.39, 0.29) is 17.8 Å². The summed E-state index contributed by atoms with van der Waals surface area (Å²) in [6.45, 7) is 0.404. The van der Waals surface area contributed by atoms with E-state index in [1.807, 2.05) is 59.2 Å². The fourth-order valence-corrected chi connectivity index (χ4v) is 4.07. The third-order valence-corrected chi connectivity index (χ3v) is 5.68. The van der Waals surface area contributed by atoms with Crippen molar-refractivity contribution in [3.63, 3.8) is 0 Å². The minimum absolute atomic E-state index is 0.0279. The van der Waals surface area contributed by atoms with E-state index < -0.39 is 0 Å². The zero-order valence-electron chi connectivity index (χ0n) is 18.4. The van der Waals surface area contributed by atoms with Crippen LogP contribution in [0.3, 0.4) is 0 Å². The summed E-state index contributed by atoms with van der Waals surface area (Å²) in [7, 11) is 1.61. The van der Waals surface area contributed by atoms with Gasteiger partial charge in [-0.15, -0.1) is 0 Å². The molecule has 168 valence electrons. The minimum atomic E-state index is -0.199. The van der Waals surface area contributed by atoms with Crippen molar-refractivity contribution in [2.24, 2.45) is 5.73 Å². The van der Waals surface area contributed by atoms with Crippen molar-refractivity contribution in [3.05, 3.63) is 95.9 Å². The van der Waals surface area contributed by atoms with Crippen molar-refractivity contribution >= 4 is 33.4 Å². The van der Waals surface area contributed by atoms with Crippen molar-refractivity contribution < 1.29 is 9.53 Å². The van der Waals surface area contributed by atoms with E-state index in [9.17, 15) is 4.79 Å². The monoisotopic (exact) mass is 450 g/mol. The molecule has 0 atom stereocenters. The zero-order chi connectivity index (χ0) is 23.7. The number of amidine groups is 1. The van der Waals surface area contributed by atoms with E-state index in [0.29, 0.717) is 23.6 Å². The average molecular weight is 451 g/mol. The van der Waals surface area contributed by atoms with Crippen LogP contribution in [0.25, 0.3) is 21.7 Å². The summed E-state index contributed by atoms with van der Waals surface area (Å²) >= 11 is 0. The van der Waals surface area contributed by atoms with Gasteiger partial charge in [-0.25, -0.2) is 9.97 Å². The summed E-state index contributed by atoms with van der Waals surface area (Å²) in [5, 5.41) is 13.5. The largest absolute Gasteiger partial charge is 0.424 e.